The Labute approximate surface area is 98.6 Å². The van der Waals surface area contributed by atoms with Crippen LogP contribution >= 0.6 is 0 Å². The van der Waals surface area contributed by atoms with Crippen LogP contribution in [0.4, 0.5) is 0 Å². The summed E-state index contributed by atoms with van der Waals surface area (Å²) >= 11 is 0. The number of carbonyl (C=O) groups excluding carboxylic acids is 1. The van der Waals surface area contributed by atoms with Gasteiger partial charge in [0.25, 0.3) is 0 Å². The van der Waals surface area contributed by atoms with Crippen molar-refractivity contribution in [2.75, 3.05) is 13.1 Å². The second-order valence-corrected chi connectivity index (χ2v) is 5.26. The normalized spacial score (nSPS) is 26.6. The predicted octanol–water partition coefficient (Wildman–Crippen LogP) is 1.92. The van der Waals surface area contributed by atoms with Crippen LogP contribution in [-0.2, 0) is 4.79 Å². The molecule has 1 heterocycles. The van der Waals surface area contributed by atoms with Gasteiger partial charge < -0.3 is 10.2 Å². The molecule has 2 fully saturated rings. The number of nitrogens with zero attached hydrogens (tertiary/aromatic N) is 1. The molecule has 2 rings (SSSR count). The van der Waals surface area contributed by atoms with Gasteiger partial charge >= 0.3 is 0 Å². The molecule has 0 aromatic carbocycles. The van der Waals surface area contributed by atoms with E-state index in [0.29, 0.717) is 24.4 Å². The molecule has 0 radical (unpaired) electrons. The highest BCUT2D eigenvalue weighted by atomic mass is 16.2. The van der Waals surface area contributed by atoms with Gasteiger partial charge in [-0.15, -0.1) is 0 Å². The summed E-state index contributed by atoms with van der Waals surface area (Å²) < 4.78 is 0. The topological polar surface area (TPSA) is 32.3 Å². The molecule has 16 heavy (non-hydrogen) atoms. The first-order valence-corrected chi connectivity index (χ1v) is 6.80. The molecular weight excluding hydrogens is 200 g/mol. The average Bonchev–Trinajstić information content (AvgIpc) is 3.06. The lowest BCUT2D eigenvalue weighted by Crippen LogP contribution is -2.39. The minimum atomic E-state index is 0.350. The van der Waals surface area contributed by atoms with E-state index >= 15 is 0 Å². The number of amides is 1. The van der Waals surface area contributed by atoms with Crippen molar-refractivity contribution in [3.63, 3.8) is 0 Å². The third-order valence-electron chi connectivity index (χ3n) is 3.72. The summed E-state index contributed by atoms with van der Waals surface area (Å²) in [6.45, 7) is 4.04. The quantitative estimate of drug-likeness (QED) is 0.791. The Morgan fingerprint density at radius 2 is 2.06 bits per heavy atom. The highest BCUT2D eigenvalue weighted by Gasteiger charge is 2.23. The van der Waals surface area contributed by atoms with Gasteiger partial charge in [0.2, 0.25) is 5.91 Å². The smallest absolute Gasteiger partial charge is 0.224 e. The lowest BCUT2D eigenvalue weighted by atomic mass is 10.1. The molecule has 1 aliphatic carbocycles. The van der Waals surface area contributed by atoms with Crippen LogP contribution in [0.5, 0.6) is 0 Å². The van der Waals surface area contributed by atoms with Crippen LogP contribution in [0.1, 0.15) is 51.9 Å². The summed E-state index contributed by atoms with van der Waals surface area (Å²) in [7, 11) is 0. The van der Waals surface area contributed by atoms with Crippen LogP contribution in [0.2, 0.25) is 0 Å². The van der Waals surface area contributed by atoms with Crippen molar-refractivity contribution in [3.8, 4) is 0 Å². The Balaban J connectivity index is 1.72. The molecule has 1 N–H and O–H groups in total. The van der Waals surface area contributed by atoms with Gasteiger partial charge in [-0.05, 0) is 32.6 Å². The second-order valence-electron chi connectivity index (χ2n) is 5.26. The van der Waals surface area contributed by atoms with E-state index < -0.39 is 0 Å². The Morgan fingerprint density at radius 3 is 2.81 bits per heavy atom. The van der Waals surface area contributed by atoms with Gasteiger partial charge in [-0.1, -0.05) is 12.8 Å². The molecule has 1 saturated heterocycles. The maximum Gasteiger partial charge on any atom is 0.224 e. The van der Waals surface area contributed by atoms with E-state index in [1.165, 1.54) is 38.5 Å². The number of nitrogens with one attached hydrogen (secondary N) is 1. The average molecular weight is 224 g/mol. The van der Waals surface area contributed by atoms with Crippen LogP contribution in [0.15, 0.2) is 0 Å². The molecule has 1 aliphatic heterocycles. The molecule has 0 spiro atoms. The van der Waals surface area contributed by atoms with E-state index in [0.717, 1.165) is 13.1 Å². The van der Waals surface area contributed by atoms with Gasteiger partial charge in [0.05, 0.1) is 0 Å². The number of hydrogen-bond acceptors (Lipinski definition) is 2. The fourth-order valence-corrected chi connectivity index (χ4v) is 2.46. The van der Waals surface area contributed by atoms with Crippen LogP contribution in [0.3, 0.4) is 0 Å². The van der Waals surface area contributed by atoms with E-state index in [1.807, 2.05) is 0 Å². The van der Waals surface area contributed by atoms with Crippen molar-refractivity contribution >= 4 is 5.91 Å². The van der Waals surface area contributed by atoms with Gasteiger partial charge in [0.1, 0.15) is 0 Å². The molecule has 1 saturated carbocycles. The van der Waals surface area contributed by atoms with Crippen LogP contribution in [0, 0.1) is 0 Å². The fraction of sp³-hybridized carbons (Fsp3) is 0.923. The highest BCUT2D eigenvalue weighted by molar-refractivity contribution is 5.76. The van der Waals surface area contributed by atoms with E-state index in [1.54, 1.807) is 0 Å². The Morgan fingerprint density at radius 1 is 1.25 bits per heavy atom. The molecular formula is C13H24N2O. The molecule has 3 heteroatoms. The zero-order chi connectivity index (χ0) is 11.4. The number of likely N-dealkylation sites (tertiary alicyclic amines) is 1. The number of carbonyl (C=O) groups is 1. The third kappa shape index (κ3) is 3.48. The van der Waals surface area contributed by atoms with E-state index in [-0.39, 0.29) is 0 Å². The van der Waals surface area contributed by atoms with Gasteiger partial charge in [0.15, 0.2) is 0 Å². The van der Waals surface area contributed by atoms with Gasteiger partial charge in [-0.2, -0.15) is 0 Å². The van der Waals surface area contributed by atoms with E-state index in [9.17, 15) is 4.79 Å². The minimum Gasteiger partial charge on any atom is -0.340 e. The molecule has 2 aliphatic rings. The first-order chi connectivity index (χ1) is 7.77. The summed E-state index contributed by atoms with van der Waals surface area (Å²) in [5, 5.41) is 3.41. The van der Waals surface area contributed by atoms with Crippen molar-refractivity contribution in [1.29, 1.82) is 0 Å². The molecule has 3 nitrogen and oxygen atoms in total. The highest BCUT2D eigenvalue weighted by Crippen LogP contribution is 2.19. The van der Waals surface area contributed by atoms with Gasteiger partial charge in [-0.25, -0.2) is 0 Å². The Bertz CT molecular complexity index is 238. The predicted molar refractivity (Wildman–Crippen MR) is 65.3 cm³/mol. The molecule has 0 aromatic heterocycles. The first kappa shape index (κ1) is 11.9. The van der Waals surface area contributed by atoms with Gasteiger partial charge in [0, 0.05) is 31.6 Å². The summed E-state index contributed by atoms with van der Waals surface area (Å²) in [5.41, 5.74) is 0. The largest absolute Gasteiger partial charge is 0.340 e. The second kappa shape index (κ2) is 5.67. The van der Waals surface area contributed by atoms with Crippen molar-refractivity contribution in [2.24, 2.45) is 0 Å². The zero-order valence-electron chi connectivity index (χ0n) is 10.4. The standard InChI is InChI=1S/C13H24N2O/c1-11-5-3-2-4-10-15(11)13(16)8-9-14-12-6-7-12/h11-12,14H,2-10H2,1H3. The summed E-state index contributed by atoms with van der Waals surface area (Å²) in [6, 6.07) is 1.17. The maximum atomic E-state index is 12.0. The molecule has 1 atom stereocenters. The van der Waals surface area contributed by atoms with Crippen molar-refractivity contribution in [3.05, 3.63) is 0 Å². The molecule has 92 valence electrons. The Kier molecular flexibility index (Phi) is 4.22. The Hall–Kier alpha value is -0.570. The van der Waals surface area contributed by atoms with Gasteiger partial charge in [-0.3, -0.25) is 4.79 Å². The van der Waals surface area contributed by atoms with Crippen LogP contribution < -0.4 is 5.32 Å². The molecule has 0 bridgehead atoms. The van der Waals surface area contributed by atoms with Crippen LogP contribution in [0.25, 0.3) is 0 Å². The zero-order valence-corrected chi connectivity index (χ0v) is 10.4. The molecule has 1 unspecified atom stereocenters. The van der Waals surface area contributed by atoms with Crippen molar-refractivity contribution in [2.45, 2.75) is 64.0 Å². The van der Waals surface area contributed by atoms with E-state index in [2.05, 4.69) is 17.1 Å². The number of rotatable bonds is 4. The molecule has 0 aromatic rings. The maximum absolute atomic E-state index is 12.0. The van der Waals surface area contributed by atoms with E-state index in [4.69, 9.17) is 0 Å². The monoisotopic (exact) mass is 224 g/mol. The minimum absolute atomic E-state index is 0.350. The molecule has 1 amide bonds. The first-order valence-electron chi connectivity index (χ1n) is 6.80. The van der Waals surface area contributed by atoms with Crippen LogP contribution in [-0.4, -0.2) is 36.0 Å². The van der Waals surface area contributed by atoms with Crippen molar-refractivity contribution < 1.29 is 4.79 Å². The lowest BCUT2D eigenvalue weighted by Gasteiger charge is -2.27. The lowest BCUT2D eigenvalue weighted by molar-refractivity contribution is -0.133. The van der Waals surface area contributed by atoms with Crippen molar-refractivity contribution in [1.82, 2.24) is 10.2 Å². The summed E-state index contributed by atoms with van der Waals surface area (Å²) in [6.07, 6.45) is 8.22. The summed E-state index contributed by atoms with van der Waals surface area (Å²) in [4.78, 5) is 14.1. The third-order valence-corrected chi connectivity index (χ3v) is 3.72. The summed E-state index contributed by atoms with van der Waals surface area (Å²) in [5.74, 6) is 0.350. The number of hydrogen-bond donors (Lipinski definition) is 1. The fourth-order valence-electron chi connectivity index (χ4n) is 2.46. The SMILES string of the molecule is CC1CCCCCN1C(=O)CCNC1CC1.